The van der Waals surface area contributed by atoms with Gasteiger partial charge in [0, 0.05) is 32.2 Å². The van der Waals surface area contributed by atoms with Crippen LogP contribution < -0.4 is 15.1 Å². The highest BCUT2D eigenvalue weighted by Crippen LogP contribution is 2.40. The number of sulfonamides is 1. The molecule has 0 aliphatic carbocycles. The van der Waals surface area contributed by atoms with E-state index in [4.69, 9.17) is 11.6 Å². The zero-order chi connectivity index (χ0) is 23.8. The van der Waals surface area contributed by atoms with Gasteiger partial charge in [0.05, 0.1) is 16.3 Å². The molecule has 1 N–H and O–H groups in total. The minimum absolute atomic E-state index is 0.0843. The lowest BCUT2D eigenvalue weighted by Gasteiger charge is -2.45. The van der Waals surface area contributed by atoms with Gasteiger partial charge in [-0.1, -0.05) is 23.7 Å². The van der Waals surface area contributed by atoms with E-state index >= 15 is 0 Å². The van der Waals surface area contributed by atoms with Gasteiger partial charge in [-0.3, -0.25) is 14.5 Å². The Morgan fingerprint density at radius 2 is 1.85 bits per heavy atom. The Morgan fingerprint density at radius 1 is 1.12 bits per heavy atom. The molecule has 0 spiro atoms. The summed E-state index contributed by atoms with van der Waals surface area (Å²) < 4.78 is 26.6. The van der Waals surface area contributed by atoms with Gasteiger partial charge in [0.2, 0.25) is 21.8 Å². The number of carbonyl (C=O) groups is 2. The van der Waals surface area contributed by atoms with Crippen molar-refractivity contribution in [1.82, 2.24) is 9.62 Å². The van der Waals surface area contributed by atoms with Gasteiger partial charge >= 0.3 is 0 Å². The Morgan fingerprint density at radius 3 is 2.55 bits per heavy atom. The molecule has 2 aliphatic heterocycles. The lowest BCUT2D eigenvalue weighted by Crippen LogP contribution is -2.57. The van der Waals surface area contributed by atoms with Gasteiger partial charge in [0.15, 0.2) is 0 Å². The minimum Gasteiger partial charge on any atom is -0.358 e. The second-order valence-corrected chi connectivity index (χ2v) is 11.1. The highest BCUT2D eigenvalue weighted by Gasteiger charge is 2.40. The maximum absolute atomic E-state index is 13.4. The molecule has 2 heterocycles. The van der Waals surface area contributed by atoms with Crippen LogP contribution in [0.2, 0.25) is 5.02 Å². The molecule has 8 nitrogen and oxygen atoms in total. The summed E-state index contributed by atoms with van der Waals surface area (Å²) in [6.45, 7) is 0.838. The summed E-state index contributed by atoms with van der Waals surface area (Å²) >= 11 is 5.91. The number of amides is 2. The largest absolute Gasteiger partial charge is 0.358 e. The summed E-state index contributed by atoms with van der Waals surface area (Å²) in [7, 11) is -0.772. The molecular formula is C23H27ClN4O4S. The van der Waals surface area contributed by atoms with Gasteiger partial charge in [0.25, 0.3) is 0 Å². The summed E-state index contributed by atoms with van der Waals surface area (Å²) in [5.74, 6) is -0.502. The molecule has 2 aromatic rings. The molecular weight excluding hydrogens is 464 g/mol. The monoisotopic (exact) mass is 490 g/mol. The summed E-state index contributed by atoms with van der Waals surface area (Å²) in [4.78, 5) is 29.7. The Balaban J connectivity index is 1.63. The van der Waals surface area contributed by atoms with Crippen molar-refractivity contribution in [3.05, 3.63) is 53.1 Å². The van der Waals surface area contributed by atoms with Gasteiger partial charge < -0.3 is 10.2 Å². The number of nitrogens with zero attached hydrogens (tertiary/aromatic N) is 3. The third kappa shape index (κ3) is 4.71. The van der Waals surface area contributed by atoms with E-state index in [1.54, 1.807) is 24.3 Å². The number of carbonyl (C=O) groups excluding carboxylic acids is 2. The first-order valence-electron chi connectivity index (χ1n) is 10.8. The fourth-order valence-electron chi connectivity index (χ4n) is 4.27. The highest BCUT2D eigenvalue weighted by molar-refractivity contribution is 7.89. The molecule has 0 saturated carbocycles. The lowest BCUT2D eigenvalue weighted by molar-refractivity contribution is -0.125. The molecule has 2 aliphatic rings. The third-order valence-electron chi connectivity index (χ3n) is 6.08. The number of benzene rings is 2. The van der Waals surface area contributed by atoms with Crippen LogP contribution in [0.25, 0.3) is 0 Å². The van der Waals surface area contributed by atoms with Crippen LogP contribution in [0.3, 0.4) is 0 Å². The number of nitrogens with one attached hydrogen (secondary N) is 1. The molecule has 4 rings (SSSR count). The van der Waals surface area contributed by atoms with E-state index in [9.17, 15) is 18.0 Å². The van der Waals surface area contributed by atoms with Gasteiger partial charge in [0.1, 0.15) is 12.6 Å². The molecule has 1 saturated heterocycles. The predicted molar refractivity (Wildman–Crippen MR) is 128 cm³/mol. The average Bonchev–Trinajstić information content (AvgIpc) is 2.81. The van der Waals surface area contributed by atoms with Crippen LogP contribution in [0.4, 0.5) is 11.4 Å². The van der Waals surface area contributed by atoms with Crippen LogP contribution in [0.15, 0.2) is 47.4 Å². The minimum atomic E-state index is -3.69. The molecule has 0 bridgehead atoms. The molecule has 1 fully saturated rings. The van der Waals surface area contributed by atoms with Crippen molar-refractivity contribution in [2.24, 2.45) is 0 Å². The van der Waals surface area contributed by atoms with Crippen LogP contribution in [-0.2, 0) is 26.2 Å². The van der Waals surface area contributed by atoms with E-state index < -0.39 is 10.0 Å². The van der Waals surface area contributed by atoms with Crippen molar-refractivity contribution < 1.29 is 18.0 Å². The maximum Gasteiger partial charge on any atom is 0.250 e. The smallest absolute Gasteiger partial charge is 0.250 e. The van der Waals surface area contributed by atoms with Crippen molar-refractivity contribution in [3.63, 3.8) is 0 Å². The van der Waals surface area contributed by atoms with E-state index in [2.05, 4.69) is 5.32 Å². The van der Waals surface area contributed by atoms with E-state index in [-0.39, 0.29) is 29.3 Å². The van der Waals surface area contributed by atoms with Crippen LogP contribution in [0, 0.1) is 0 Å². The number of rotatable bonds is 6. The van der Waals surface area contributed by atoms with Gasteiger partial charge in [-0.25, -0.2) is 12.7 Å². The first-order chi connectivity index (χ1) is 15.7. The topological polar surface area (TPSA) is 90.0 Å². The lowest BCUT2D eigenvalue weighted by atomic mass is 9.96. The van der Waals surface area contributed by atoms with Crippen LogP contribution in [-0.4, -0.2) is 57.8 Å². The second kappa shape index (κ2) is 9.32. The van der Waals surface area contributed by atoms with Crippen molar-refractivity contribution in [1.29, 1.82) is 0 Å². The zero-order valence-electron chi connectivity index (χ0n) is 18.6. The molecule has 2 aromatic carbocycles. The maximum atomic E-state index is 13.4. The Hall–Kier alpha value is -2.62. The van der Waals surface area contributed by atoms with E-state index in [0.29, 0.717) is 23.7 Å². The summed E-state index contributed by atoms with van der Waals surface area (Å²) in [5, 5.41) is 3.45. The molecule has 176 valence electrons. The number of fused-ring (bicyclic) bond motifs is 3. The highest BCUT2D eigenvalue weighted by atomic mass is 35.5. The summed E-state index contributed by atoms with van der Waals surface area (Å²) in [5.41, 5.74) is 2.11. The molecule has 2 amide bonds. The molecule has 0 aromatic heterocycles. The first-order valence-corrected chi connectivity index (χ1v) is 12.7. The Bertz CT molecular complexity index is 1170. The Labute approximate surface area is 199 Å². The summed E-state index contributed by atoms with van der Waals surface area (Å²) in [6.07, 6.45) is 2.60. The average molecular weight is 491 g/mol. The van der Waals surface area contributed by atoms with Gasteiger partial charge in [-0.15, -0.1) is 0 Å². The fraction of sp³-hybridized carbons (Fsp3) is 0.391. The van der Waals surface area contributed by atoms with Crippen LogP contribution in [0.1, 0.15) is 24.8 Å². The van der Waals surface area contributed by atoms with E-state index in [1.165, 1.54) is 25.1 Å². The summed E-state index contributed by atoms with van der Waals surface area (Å²) in [6, 6.07) is 11.6. The number of piperidine rings is 1. The van der Waals surface area contributed by atoms with Crippen molar-refractivity contribution in [2.75, 3.05) is 37.0 Å². The molecule has 33 heavy (non-hydrogen) atoms. The normalized spacial score (nSPS) is 18.2. The van der Waals surface area contributed by atoms with Gasteiger partial charge in [-0.2, -0.15) is 0 Å². The first kappa shape index (κ1) is 23.5. The molecule has 10 heteroatoms. The van der Waals surface area contributed by atoms with Gasteiger partial charge in [-0.05, 0) is 55.2 Å². The Kier molecular flexibility index (Phi) is 6.65. The van der Waals surface area contributed by atoms with Crippen molar-refractivity contribution in [3.8, 4) is 0 Å². The number of anilines is 2. The number of halogens is 1. The SMILES string of the molecule is CN(C)S(=O)(=O)c1ccc2c(c1)N(CC(=O)NCc1ccc(Cl)cc1)C(=O)[C@H]1CCCCN21. The van der Waals surface area contributed by atoms with E-state index in [1.807, 2.05) is 17.0 Å². The fourth-order valence-corrected chi connectivity index (χ4v) is 5.32. The van der Waals surface area contributed by atoms with Crippen LogP contribution >= 0.6 is 11.6 Å². The standard InChI is InChI=1S/C23H27ClN4O4S/c1-26(2)33(31,32)18-10-11-19-21(13-18)28(23(30)20-5-3-4-12-27(19)20)15-22(29)25-14-16-6-8-17(24)9-7-16/h6-11,13,20H,3-5,12,14-15H2,1-2H3,(H,25,29)/t20-/m1/s1. The van der Waals surface area contributed by atoms with E-state index in [0.717, 1.165) is 34.9 Å². The third-order valence-corrected chi connectivity index (χ3v) is 8.15. The van der Waals surface area contributed by atoms with Crippen molar-refractivity contribution in [2.45, 2.75) is 36.7 Å². The van der Waals surface area contributed by atoms with Crippen LogP contribution in [0.5, 0.6) is 0 Å². The molecule has 1 atom stereocenters. The second-order valence-electron chi connectivity index (χ2n) is 8.47. The quantitative estimate of drug-likeness (QED) is 0.672. The molecule has 0 radical (unpaired) electrons. The number of hydrogen-bond donors (Lipinski definition) is 1. The molecule has 0 unspecified atom stereocenters. The zero-order valence-corrected chi connectivity index (χ0v) is 20.2. The predicted octanol–water partition coefficient (Wildman–Crippen LogP) is 2.61. The number of hydrogen-bond acceptors (Lipinski definition) is 5. The van der Waals surface area contributed by atoms with Crippen molar-refractivity contribution >= 4 is 44.8 Å².